The number of nitrogens with one attached hydrogen (secondary N) is 2. The standard InChI is InChI=1S/C23H23ClF2N6O/c24-19-17(33-11-23(26)7-8-23)5-3-15(20(19)25)30-22-21-16(28-12-29-22)4-6-18(31-21)32-10-13-1-2-14(32)9-27-13/h3-6,12-14,27H,1-2,7-11H2,(H,28,29,30)/t13-,14-/m0/s1. The second-order valence-corrected chi connectivity index (χ2v) is 9.43. The van der Waals surface area contributed by atoms with Crippen LogP contribution in [0.5, 0.6) is 5.75 Å². The molecule has 3 saturated heterocycles. The minimum Gasteiger partial charge on any atom is -0.489 e. The average molecular weight is 473 g/mol. The van der Waals surface area contributed by atoms with E-state index in [0.717, 1.165) is 25.3 Å². The molecule has 1 aliphatic carbocycles. The Balaban J connectivity index is 1.29. The maximum Gasteiger partial charge on any atom is 0.169 e. The zero-order valence-electron chi connectivity index (χ0n) is 17.8. The fraction of sp³-hybridized carbons (Fsp3) is 0.435. The number of halogens is 3. The van der Waals surface area contributed by atoms with Gasteiger partial charge in [-0.2, -0.15) is 0 Å². The van der Waals surface area contributed by atoms with Crippen LogP contribution < -0.4 is 20.3 Å². The number of benzene rings is 1. The summed E-state index contributed by atoms with van der Waals surface area (Å²) in [5, 5.41) is 6.34. The summed E-state index contributed by atoms with van der Waals surface area (Å²) in [4.78, 5) is 15.8. The number of rotatable bonds is 6. The summed E-state index contributed by atoms with van der Waals surface area (Å²) in [5.41, 5.74) is 0.0142. The van der Waals surface area contributed by atoms with E-state index in [-0.39, 0.29) is 23.1 Å². The molecule has 2 bridgehead atoms. The van der Waals surface area contributed by atoms with Crippen LogP contribution in [0.4, 0.5) is 26.1 Å². The van der Waals surface area contributed by atoms with Crippen LogP contribution in [0, 0.1) is 5.82 Å². The number of piperidine rings is 2. The van der Waals surface area contributed by atoms with Crippen molar-refractivity contribution < 1.29 is 13.5 Å². The predicted molar refractivity (Wildman–Crippen MR) is 123 cm³/mol. The van der Waals surface area contributed by atoms with Gasteiger partial charge in [-0.3, -0.25) is 0 Å². The Labute approximate surface area is 194 Å². The van der Waals surface area contributed by atoms with Crippen LogP contribution in [-0.4, -0.2) is 52.4 Å². The first-order chi connectivity index (χ1) is 16.0. The summed E-state index contributed by atoms with van der Waals surface area (Å²) in [7, 11) is 0. The van der Waals surface area contributed by atoms with Crippen LogP contribution in [-0.2, 0) is 0 Å². The molecule has 1 saturated carbocycles. The lowest BCUT2D eigenvalue weighted by molar-refractivity contribution is 0.177. The van der Waals surface area contributed by atoms with Gasteiger partial charge in [-0.1, -0.05) is 11.6 Å². The molecule has 10 heteroatoms. The molecular weight excluding hydrogens is 450 g/mol. The van der Waals surface area contributed by atoms with Gasteiger partial charge in [0.2, 0.25) is 0 Å². The van der Waals surface area contributed by atoms with Gasteiger partial charge in [0.05, 0.1) is 11.2 Å². The maximum absolute atomic E-state index is 15.0. The lowest BCUT2D eigenvalue weighted by Gasteiger charge is -2.46. The molecule has 3 aliphatic heterocycles. The number of nitrogens with zero attached hydrogens (tertiary/aromatic N) is 4. The Hall–Kier alpha value is -2.78. The lowest BCUT2D eigenvalue weighted by Crippen LogP contribution is -2.61. The third-order valence-corrected chi connectivity index (χ3v) is 7.04. The van der Waals surface area contributed by atoms with E-state index in [1.807, 2.05) is 12.1 Å². The molecule has 0 radical (unpaired) electrons. The molecule has 7 rings (SSSR count). The van der Waals surface area contributed by atoms with Crippen molar-refractivity contribution >= 4 is 40.0 Å². The number of piperazine rings is 1. The largest absolute Gasteiger partial charge is 0.489 e. The topological polar surface area (TPSA) is 75.2 Å². The third kappa shape index (κ3) is 3.93. The van der Waals surface area contributed by atoms with Crippen molar-refractivity contribution in [2.24, 2.45) is 0 Å². The predicted octanol–water partition coefficient (Wildman–Crippen LogP) is 4.38. The number of hydrogen-bond donors (Lipinski definition) is 2. The van der Waals surface area contributed by atoms with Crippen molar-refractivity contribution in [1.82, 2.24) is 20.3 Å². The summed E-state index contributed by atoms with van der Waals surface area (Å²) in [6.45, 7) is 1.73. The summed E-state index contributed by atoms with van der Waals surface area (Å²) in [6, 6.07) is 7.79. The van der Waals surface area contributed by atoms with Crippen molar-refractivity contribution in [3.8, 4) is 5.75 Å². The second kappa shape index (κ2) is 7.92. The first-order valence-corrected chi connectivity index (χ1v) is 11.6. The van der Waals surface area contributed by atoms with E-state index in [0.29, 0.717) is 41.8 Å². The van der Waals surface area contributed by atoms with Crippen molar-refractivity contribution in [2.75, 3.05) is 29.9 Å². The Morgan fingerprint density at radius 3 is 2.82 bits per heavy atom. The maximum atomic E-state index is 15.0. The smallest absolute Gasteiger partial charge is 0.169 e. The molecule has 0 unspecified atom stereocenters. The fourth-order valence-corrected chi connectivity index (χ4v) is 4.74. The molecule has 1 aromatic carbocycles. The van der Waals surface area contributed by atoms with Gasteiger partial charge >= 0.3 is 0 Å². The molecule has 3 aromatic rings. The first kappa shape index (κ1) is 20.8. The van der Waals surface area contributed by atoms with E-state index in [9.17, 15) is 4.39 Å². The molecule has 2 aromatic heterocycles. The van der Waals surface area contributed by atoms with E-state index in [1.54, 1.807) is 0 Å². The van der Waals surface area contributed by atoms with Gasteiger partial charge in [0, 0.05) is 25.2 Å². The van der Waals surface area contributed by atoms with E-state index in [2.05, 4.69) is 25.5 Å². The van der Waals surface area contributed by atoms with Gasteiger partial charge < -0.3 is 20.3 Å². The molecule has 7 nitrogen and oxygen atoms in total. The van der Waals surface area contributed by atoms with E-state index < -0.39 is 11.5 Å². The molecule has 4 fully saturated rings. The number of alkyl halides is 1. The second-order valence-electron chi connectivity index (χ2n) is 9.05. The molecular formula is C23H23ClF2N6O. The van der Waals surface area contributed by atoms with Gasteiger partial charge in [-0.05, 0) is 49.9 Å². The van der Waals surface area contributed by atoms with Crippen LogP contribution in [0.15, 0.2) is 30.6 Å². The minimum absolute atomic E-state index is 0.116. The highest BCUT2D eigenvalue weighted by Crippen LogP contribution is 2.41. The summed E-state index contributed by atoms with van der Waals surface area (Å²) >= 11 is 6.17. The Bertz CT molecular complexity index is 1220. The highest BCUT2D eigenvalue weighted by Gasteiger charge is 2.44. The van der Waals surface area contributed by atoms with Crippen molar-refractivity contribution in [3.63, 3.8) is 0 Å². The van der Waals surface area contributed by atoms with E-state index >= 15 is 4.39 Å². The van der Waals surface area contributed by atoms with E-state index in [1.165, 1.54) is 24.9 Å². The summed E-state index contributed by atoms with van der Waals surface area (Å²) < 4.78 is 34.3. The van der Waals surface area contributed by atoms with Crippen molar-refractivity contribution in [1.29, 1.82) is 0 Å². The van der Waals surface area contributed by atoms with Crippen LogP contribution in [0.3, 0.4) is 0 Å². The zero-order valence-corrected chi connectivity index (χ0v) is 18.6. The van der Waals surface area contributed by atoms with Crippen molar-refractivity contribution in [3.05, 3.63) is 41.4 Å². The molecule has 0 amide bonds. The SMILES string of the molecule is Fc1c(Nc2ncnc3ccc(N4C[C@@H]5CC[C@H]4CN5)nc23)ccc(OCC2(F)CC2)c1Cl. The monoisotopic (exact) mass is 472 g/mol. The molecule has 2 atom stereocenters. The average Bonchev–Trinajstić information content (AvgIpc) is 3.59. The van der Waals surface area contributed by atoms with Gasteiger partial charge in [0.1, 0.15) is 40.7 Å². The molecule has 5 heterocycles. The number of aromatic nitrogens is 3. The van der Waals surface area contributed by atoms with Crippen LogP contribution in [0.1, 0.15) is 25.7 Å². The molecule has 4 aliphatic rings. The van der Waals surface area contributed by atoms with Crippen LogP contribution in [0.2, 0.25) is 5.02 Å². The number of ether oxygens (including phenoxy) is 1. The highest BCUT2D eigenvalue weighted by molar-refractivity contribution is 6.32. The number of hydrogen-bond acceptors (Lipinski definition) is 7. The molecule has 33 heavy (non-hydrogen) atoms. The number of anilines is 3. The fourth-order valence-electron chi connectivity index (χ4n) is 4.53. The van der Waals surface area contributed by atoms with Gasteiger partial charge in [-0.15, -0.1) is 0 Å². The molecule has 172 valence electrons. The van der Waals surface area contributed by atoms with E-state index in [4.69, 9.17) is 21.3 Å². The van der Waals surface area contributed by atoms with Gasteiger partial charge in [0.15, 0.2) is 11.6 Å². The molecule has 0 spiro atoms. The third-order valence-electron chi connectivity index (χ3n) is 6.69. The highest BCUT2D eigenvalue weighted by atomic mass is 35.5. The van der Waals surface area contributed by atoms with Gasteiger partial charge in [0.25, 0.3) is 0 Å². The summed E-state index contributed by atoms with van der Waals surface area (Å²) in [5.74, 6) is 0.663. The Morgan fingerprint density at radius 1 is 1.21 bits per heavy atom. The Kier molecular flexibility index (Phi) is 4.99. The minimum atomic E-state index is -1.32. The number of fused-ring (bicyclic) bond motifs is 4. The van der Waals surface area contributed by atoms with Crippen LogP contribution in [0.25, 0.3) is 11.0 Å². The normalized spacial score (nSPS) is 23.1. The molecule has 2 N–H and O–H groups in total. The zero-order chi connectivity index (χ0) is 22.6. The summed E-state index contributed by atoms with van der Waals surface area (Å²) in [6.07, 6.45) is 4.63. The number of pyridine rings is 1. The van der Waals surface area contributed by atoms with Gasteiger partial charge in [-0.25, -0.2) is 23.7 Å². The first-order valence-electron chi connectivity index (χ1n) is 11.2. The van der Waals surface area contributed by atoms with Crippen molar-refractivity contribution in [2.45, 2.75) is 43.4 Å². The van der Waals surface area contributed by atoms with Crippen LogP contribution >= 0.6 is 11.6 Å². The lowest BCUT2D eigenvalue weighted by atomic mass is 9.93. The Morgan fingerprint density at radius 2 is 2.09 bits per heavy atom. The quantitative estimate of drug-likeness (QED) is 0.551.